The number of halogens is 12. The molecule has 0 saturated carbocycles. The molecule has 0 heterocycles. The van der Waals surface area contributed by atoms with Gasteiger partial charge in [-0.05, 0) is 13.8 Å². The van der Waals surface area contributed by atoms with Crippen LogP contribution in [0.2, 0.25) is 0 Å². The molecule has 0 bridgehead atoms. The van der Waals surface area contributed by atoms with E-state index in [4.69, 9.17) is 9.11 Å². The lowest BCUT2D eigenvalue weighted by Gasteiger charge is -2.32. The monoisotopic (exact) mass is 648 g/mol. The molecule has 0 atom stereocenters. The van der Waals surface area contributed by atoms with E-state index in [9.17, 15) is 69.5 Å². The molecule has 0 saturated heterocycles. The van der Waals surface area contributed by atoms with Gasteiger partial charge in [-0.25, -0.2) is 8.37 Å². The summed E-state index contributed by atoms with van der Waals surface area (Å²) in [5.74, 6) is -4.12. The molecule has 0 amide bonds. The third-order valence-corrected chi connectivity index (χ3v) is 4.89. The smallest absolute Gasteiger partial charge is 0.424 e. The highest BCUT2D eigenvalue weighted by molar-refractivity contribution is 7.81. The normalized spacial score (nSPS) is 14.2. The van der Waals surface area contributed by atoms with Crippen LogP contribution in [0.3, 0.4) is 0 Å². The SMILES string of the molecule is CC(OCC(COC(C)=C(C(F)(F)F)C(F)(F)F)(COS(=O)(=O)O)COS(=O)(=O)O)=C(C(F)(F)F)C(F)(F)F. The molecule has 39 heavy (non-hydrogen) atoms. The summed E-state index contributed by atoms with van der Waals surface area (Å²) in [4.78, 5) is 0. The van der Waals surface area contributed by atoms with Gasteiger partial charge in [-0.2, -0.15) is 69.5 Å². The molecular weight excluding hydrogens is 632 g/mol. The molecular formula is C15H16F12O10S2. The summed E-state index contributed by atoms with van der Waals surface area (Å²) in [6.45, 7) is -7.43. The average Bonchev–Trinajstić information content (AvgIpc) is 2.60. The molecule has 0 spiro atoms. The molecule has 0 aliphatic rings. The molecule has 0 aromatic heterocycles. The fourth-order valence-corrected chi connectivity index (χ4v) is 3.23. The third kappa shape index (κ3) is 13.3. The Morgan fingerprint density at radius 2 is 0.769 bits per heavy atom. The number of ether oxygens (including phenoxy) is 2. The lowest BCUT2D eigenvalue weighted by molar-refractivity contribution is -0.177. The lowest BCUT2D eigenvalue weighted by Crippen LogP contribution is -2.43. The second-order valence-electron chi connectivity index (χ2n) is 7.31. The first-order valence-electron chi connectivity index (χ1n) is 9.11. The van der Waals surface area contributed by atoms with Crippen LogP contribution in [0, 0.1) is 5.41 Å². The van der Waals surface area contributed by atoms with Crippen molar-refractivity contribution in [3.63, 3.8) is 0 Å². The molecule has 0 rings (SSSR count). The first kappa shape index (κ1) is 37.0. The zero-order chi connectivity index (χ0) is 31.5. The van der Waals surface area contributed by atoms with Crippen LogP contribution < -0.4 is 0 Å². The van der Waals surface area contributed by atoms with Crippen LogP contribution in [0.15, 0.2) is 22.7 Å². The predicted molar refractivity (Wildman–Crippen MR) is 99.0 cm³/mol. The Labute approximate surface area is 211 Å². The third-order valence-electron chi connectivity index (χ3n) is 4.06. The molecule has 232 valence electrons. The van der Waals surface area contributed by atoms with Gasteiger partial charge in [0.25, 0.3) is 0 Å². The lowest BCUT2D eigenvalue weighted by atomic mass is 9.92. The summed E-state index contributed by atoms with van der Waals surface area (Å²) in [5, 5.41) is 0. The quantitative estimate of drug-likeness (QED) is 0.177. The zero-order valence-electron chi connectivity index (χ0n) is 18.8. The van der Waals surface area contributed by atoms with Crippen molar-refractivity contribution >= 4 is 20.8 Å². The molecule has 0 aromatic rings. The first-order chi connectivity index (χ1) is 16.9. The van der Waals surface area contributed by atoms with Gasteiger partial charge in [-0.3, -0.25) is 9.11 Å². The maximum absolute atomic E-state index is 12.9. The van der Waals surface area contributed by atoms with Crippen LogP contribution in [0.25, 0.3) is 0 Å². The van der Waals surface area contributed by atoms with Crippen LogP contribution in [-0.4, -0.2) is 77.1 Å². The Kier molecular flexibility index (Phi) is 11.6. The number of alkyl halides is 12. The maximum Gasteiger partial charge on any atom is 0.424 e. The Morgan fingerprint density at radius 1 is 0.538 bits per heavy atom. The summed E-state index contributed by atoms with van der Waals surface area (Å²) in [6.07, 6.45) is -24.6. The van der Waals surface area contributed by atoms with Crippen molar-refractivity contribution in [1.82, 2.24) is 0 Å². The van der Waals surface area contributed by atoms with Gasteiger partial charge in [0.15, 0.2) is 11.1 Å². The van der Waals surface area contributed by atoms with E-state index in [1.165, 1.54) is 0 Å². The molecule has 0 fully saturated rings. The van der Waals surface area contributed by atoms with E-state index in [2.05, 4.69) is 17.8 Å². The fourth-order valence-electron chi connectivity index (χ4n) is 2.44. The van der Waals surface area contributed by atoms with Crippen molar-refractivity contribution in [3.05, 3.63) is 22.7 Å². The van der Waals surface area contributed by atoms with Crippen molar-refractivity contribution in [2.24, 2.45) is 5.41 Å². The van der Waals surface area contributed by atoms with Crippen molar-refractivity contribution in [2.45, 2.75) is 38.6 Å². The van der Waals surface area contributed by atoms with E-state index in [1.807, 2.05) is 0 Å². The van der Waals surface area contributed by atoms with Gasteiger partial charge in [-0.15, -0.1) is 0 Å². The maximum atomic E-state index is 12.9. The summed E-state index contributed by atoms with van der Waals surface area (Å²) < 4.78 is 232. The Morgan fingerprint density at radius 3 is 0.949 bits per heavy atom. The van der Waals surface area contributed by atoms with Crippen LogP contribution in [-0.2, 0) is 38.6 Å². The van der Waals surface area contributed by atoms with Gasteiger partial charge in [0.1, 0.15) is 24.7 Å². The van der Waals surface area contributed by atoms with Crippen LogP contribution in [0.5, 0.6) is 0 Å². The predicted octanol–water partition coefficient (Wildman–Crippen LogP) is 4.44. The highest BCUT2D eigenvalue weighted by atomic mass is 32.3. The van der Waals surface area contributed by atoms with E-state index >= 15 is 0 Å². The number of hydrogen-bond acceptors (Lipinski definition) is 8. The van der Waals surface area contributed by atoms with E-state index in [0.29, 0.717) is 0 Å². The molecule has 2 N–H and O–H groups in total. The van der Waals surface area contributed by atoms with Crippen molar-refractivity contribution in [2.75, 3.05) is 26.4 Å². The summed E-state index contributed by atoms with van der Waals surface area (Å²) in [7, 11) is -11.3. The average molecular weight is 648 g/mol. The zero-order valence-corrected chi connectivity index (χ0v) is 20.5. The van der Waals surface area contributed by atoms with Gasteiger partial charge in [0.05, 0.1) is 18.6 Å². The summed E-state index contributed by atoms with van der Waals surface area (Å²) in [6, 6.07) is 0. The first-order valence-corrected chi connectivity index (χ1v) is 11.8. The minimum absolute atomic E-state index is 0.0335. The van der Waals surface area contributed by atoms with E-state index in [-0.39, 0.29) is 13.8 Å². The number of allylic oxidation sites excluding steroid dienone is 4. The highest BCUT2D eigenvalue weighted by Crippen LogP contribution is 2.42. The van der Waals surface area contributed by atoms with E-state index < -0.39 is 100 Å². The minimum atomic E-state index is -6.16. The van der Waals surface area contributed by atoms with Crippen molar-refractivity contribution in [1.29, 1.82) is 0 Å². The Hall–Kier alpha value is -2.02. The van der Waals surface area contributed by atoms with Gasteiger partial charge >= 0.3 is 45.5 Å². The molecule has 0 aromatic carbocycles. The molecule has 0 unspecified atom stereocenters. The molecule has 0 radical (unpaired) electrons. The van der Waals surface area contributed by atoms with Crippen LogP contribution >= 0.6 is 0 Å². The van der Waals surface area contributed by atoms with E-state index in [0.717, 1.165) is 0 Å². The van der Waals surface area contributed by atoms with Gasteiger partial charge in [0.2, 0.25) is 0 Å². The van der Waals surface area contributed by atoms with Crippen molar-refractivity contribution < 1.29 is 96.5 Å². The fraction of sp³-hybridized carbons (Fsp3) is 0.733. The Bertz CT molecular complexity index is 1010. The second-order valence-corrected chi connectivity index (χ2v) is 9.49. The van der Waals surface area contributed by atoms with Gasteiger partial charge in [0, 0.05) is 0 Å². The number of rotatable bonds is 12. The Balaban J connectivity index is 6.85. The van der Waals surface area contributed by atoms with Gasteiger partial charge < -0.3 is 9.47 Å². The second kappa shape index (κ2) is 12.2. The highest BCUT2D eigenvalue weighted by Gasteiger charge is 2.55. The van der Waals surface area contributed by atoms with Gasteiger partial charge in [-0.1, -0.05) is 0 Å². The van der Waals surface area contributed by atoms with E-state index in [1.54, 1.807) is 0 Å². The molecule has 24 heteroatoms. The molecule has 0 aliphatic carbocycles. The van der Waals surface area contributed by atoms with Crippen LogP contribution in [0.4, 0.5) is 52.7 Å². The topological polar surface area (TPSA) is 146 Å². The number of hydrogen-bond donors (Lipinski definition) is 2. The summed E-state index contributed by atoms with van der Waals surface area (Å²) in [5.41, 5.74) is -9.69. The summed E-state index contributed by atoms with van der Waals surface area (Å²) >= 11 is 0. The molecule has 0 aliphatic heterocycles. The minimum Gasteiger partial charge on any atom is -0.497 e. The van der Waals surface area contributed by atoms with Crippen LogP contribution in [0.1, 0.15) is 13.8 Å². The molecule has 10 nitrogen and oxygen atoms in total. The van der Waals surface area contributed by atoms with Crippen molar-refractivity contribution in [3.8, 4) is 0 Å². The standard InChI is InChI=1S/C15H16F12O10S2/c1-7(9(12(16,17)18)13(19,20)21)34-3-11(5-36-38(28,29)30,6-37-39(31,32)33)4-35-8(2)10(14(22,23)24)15(25,26)27/h3-6H2,1-2H3,(H,28,29,30)(H,31,32,33). The largest absolute Gasteiger partial charge is 0.497 e.